The quantitative estimate of drug-likeness (QED) is 0.819. The number of rotatable bonds is 3. The van der Waals surface area contributed by atoms with Gasteiger partial charge in [0.15, 0.2) is 0 Å². The Balaban J connectivity index is 2.07. The number of nitrogens with one attached hydrogen (secondary N) is 1. The van der Waals surface area contributed by atoms with E-state index in [9.17, 15) is 0 Å². The molecule has 1 N–H and O–H groups in total. The lowest BCUT2D eigenvalue weighted by Gasteiger charge is -2.14. The Hall–Kier alpha value is -1.29. The summed E-state index contributed by atoms with van der Waals surface area (Å²) < 4.78 is 10.4. The maximum absolute atomic E-state index is 5.31. The maximum Gasteiger partial charge on any atom is 0.213 e. The van der Waals surface area contributed by atoms with E-state index in [4.69, 9.17) is 9.47 Å². The van der Waals surface area contributed by atoms with Crippen LogP contribution in [-0.2, 0) is 4.74 Å². The van der Waals surface area contributed by atoms with E-state index in [0.717, 1.165) is 31.0 Å². The summed E-state index contributed by atoms with van der Waals surface area (Å²) in [4.78, 5) is 4.31. The molecule has 1 saturated heterocycles. The van der Waals surface area contributed by atoms with Gasteiger partial charge in [0.2, 0.25) is 5.88 Å². The van der Waals surface area contributed by atoms with Crippen LogP contribution in [-0.4, -0.2) is 31.3 Å². The fourth-order valence-electron chi connectivity index (χ4n) is 1.67. The first-order valence-corrected chi connectivity index (χ1v) is 5.15. The topological polar surface area (TPSA) is 43.4 Å². The second-order valence-corrected chi connectivity index (χ2v) is 3.69. The predicted octanol–water partition coefficient (Wildman–Crippen LogP) is 1.60. The normalized spacial score (nSPS) is 20.3. The van der Waals surface area contributed by atoms with Gasteiger partial charge in [0.1, 0.15) is 0 Å². The van der Waals surface area contributed by atoms with E-state index in [0.29, 0.717) is 11.9 Å². The van der Waals surface area contributed by atoms with Gasteiger partial charge in [-0.15, -0.1) is 0 Å². The Morgan fingerprint density at radius 1 is 1.53 bits per heavy atom. The average molecular weight is 208 g/mol. The van der Waals surface area contributed by atoms with Crippen molar-refractivity contribution in [3.8, 4) is 5.88 Å². The molecule has 0 unspecified atom stereocenters. The summed E-state index contributed by atoms with van der Waals surface area (Å²) in [5.41, 5.74) is 2.02. The molecule has 0 aromatic carbocycles. The van der Waals surface area contributed by atoms with Crippen molar-refractivity contribution in [2.75, 3.05) is 25.6 Å². The molecule has 15 heavy (non-hydrogen) atoms. The molecule has 0 radical (unpaired) electrons. The highest BCUT2D eigenvalue weighted by Gasteiger charge is 2.16. The number of hydrogen-bond acceptors (Lipinski definition) is 4. The minimum absolute atomic E-state index is 0.416. The van der Waals surface area contributed by atoms with Crippen LogP contribution in [0, 0.1) is 6.92 Å². The molecule has 2 rings (SSSR count). The van der Waals surface area contributed by atoms with Gasteiger partial charge in [0, 0.05) is 12.7 Å². The summed E-state index contributed by atoms with van der Waals surface area (Å²) in [6.45, 7) is 3.60. The van der Waals surface area contributed by atoms with Crippen LogP contribution in [0.2, 0.25) is 0 Å². The van der Waals surface area contributed by atoms with Crippen LogP contribution in [0.4, 0.5) is 5.69 Å². The van der Waals surface area contributed by atoms with Crippen LogP contribution in [0.1, 0.15) is 12.1 Å². The number of anilines is 1. The third kappa shape index (κ3) is 2.39. The first kappa shape index (κ1) is 10.2. The maximum atomic E-state index is 5.31. The van der Waals surface area contributed by atoms with E-state index in [-0.39, 0.29) is 0 Å². The summed E-state index contributed by atoms with van der Waals surface area (Å²) in [5, 5.41) is 3.42. The molecule has 1 aliphatic rings. The summed E-state index contributed by atoms with van der Waals surface area (Å²) in [6, 6.07) is 4.28. The van der Waals surface area contributed by atoms with Crippen molar-refractivity contribution < 1.29 is 9.47 Å². The molecule has 1 aromatic heterocycles. The van der Waals surface area contributed by atoms with Crippen molar-refractivity contribution in [3.05, 3.63) is 17.8 Å². The fraction of sp³-hybridized carbons (Fsp3) is 0.545. The van der Waals surface area contributed by atoms with E-state index in [1.807, 2.05) is 19.1 Å². The van der Waals surface area contributed by atoms with Crippen LogP contribution in [0.25, 0.3) is 0 Å². The summed E-state index contributed by atoms with van der Waals surface area (Å²) in [5.74, 6) is 0.653. The van der Waals surface area contributed by atoms with Crippen LogP contribution in [0.3, 0.4) is 0 Å². The first-order valence-electron chi connectivity index (χ1n) is 5.15. The molecule has 1 aromatic rings. The van der Waals surface area contributed by atoms with E-state index in [2.05, 4.69) is 10.3 Å². The molecule has 0 amide bonds. The molecule has 1 atom stereocenters. The van der Waals surface area contributed by atoms with Gasteiger partial charge >= 0.3 is 0 Å². The van der Waals surface area contributed by atoms with Gasteiger partial charge in [-0.05, 0) is 19.4 Å². The molecule has 82 valence electrons. The summed E-state index contributed by atoms with van der Waals surface area (Å²) in [6.07, 6.45) is 1.06. The smallest absolute Gasteiger partial charge is 0.213 e. The number of nitrogens with zero attached hydrogens (tertiary/aromatic N) is 1. The van der Waals surface area contributed by atoms with Crippen molar-refractivity contribution in [2.24, 2.45) is 0 Å². The monoisotopic (exact) mass is 208 g/mol. The van der Waals surface area contributed by atoms with E-state index < -0.39 is 0 Å². The van der Waals surface area contributed by atoms with Gasteiger partial charge in [-0.3, -0.25) is 0 Å². The molecule has 0 spiro atoms. The van der Waals surface area contributed by atoms with Crippen LogP contribution >= 0.6 is 0 Å². The highest BCUT2D eigenvalue weighted by Crippen LogP contribution is 2.19. The largest absolute Gasteiger partial charge is 0.481 e. The summed E-state index contributed by atoms with van der Waals surface area (Å²) >= 11 is 0. The van der Waals surface area contributed by atoms with Crippen molar-refractivity contribution in [2.45, 2.75) is 19.4 Å². The second kappa shape index (κ2) is 4.49. The summed E-state index contributed by atoms with van der Waals surface area (Å²) in [7, 11) is 1.62. The zero-order valence-corrected chi connectivity index (χ0v) is 9.12. The molecule has 1 aliphatic heterocycles. The molecule has 0 saturated carbocycles. The number of hydrogen-bond donors (Lipinski definition) is 1. The molecular weight excluding hydrogens is 192 g/mol. The Morgan fingerprint density at radius 3 is 3.00 bits per heavy atom. The average Bonchev–Trinajstić information content (AvgIpc) is 2.74. The van der Waals surface area contributed by atoms with Crippen molar-refractivity contribution >= 4 is 5.69 Å². The molecule has 2 heterocycles. The Kier molecular flexibility index (Phi) is 3.06. The zero-order chi connectivity index (χ0) is 10.7. The van der Waals surface area contributed by atoms with E-state index >= 15 is 0 Å². The third-order valence-electron chi connectivity index (χ3n) is 2.56. The van der Waals surface area contributed by atoms with Gasteiger partial charge in [-0.2, -0.15) is 0 Å². The number of pyridine rings is 1. The van der Waals surface area contributed by atoms with Crippen molar-refractivity contribution in [1.29, 1.82) is 0 Å². The Morgan fingerprint density at radius 2 is 2.40 bits per heavy atom. The number of aromatic nitrogens is 1. The number of ether oxygens (including phenoxy) is 2. The minimum Gasteiger partial charge on any atom is -0.481 e. The van der Waals surface area contributed by atoms with Gasteiger partial charge < -0.3 is 14.8 Å². The lowest BCUT2D eigenvalue weighted by atomic mass is 10.2. The predicted molar refractivity (Wildman–Crippen MR) is 58.4 cm³/mol. The van der Waals surface area contributed by atoms with Gasteiger partial charge in [0.05, 0.1) is 31.1 Å². The van der Waals surface area contributed by atoms with Gasteiger partial charge in [0.25, 0.3) is 0 Å². The molecule has 4 heteroatoms. The molecule has 0 bridgehead atoms. The van der Waals surface area contributed by atoms with Gasteiger partial charge in [-0.25, -0.2) is 4.98 Å². The standard InChI is InChI=1S/C11H16N2O2/c1-8-10(3-4-11(12-8)14-2)13-9-5-6-15-7-9/h3-4,9,13H,5-7H2,1-2H3/t9-/m0/s1. The Labute approximate surface area is 89.6 Å². The van der Waals surface area contributed by atoms with Crippen molar-refractivity contribution in [3.63, 3.8) is 0 Å². The minimum atomic E-state index is 0.416. The molecule has 4 nitrogen and oxygen atoms in total. The molecular formula is C11H16N2O2. The highest BCUT2D eigenvalue weighted by molar-refractivity contribution is 5.49. The number of aryl methyl sites for hydroxylation is 1. The van der Waals surface area contributed by atoms with Crippen molar-refractivity contribution in [1.82, 2.24) is 4.98 Å². The molecule has 1 fully saturated rings. The lowest BCUT2D eigenvalue weighted by molar-refractivity contribution is 0.195. The van der Waals surface area contributed by atoms with E-state index in [1.165, 1.54) is 0 Å². The fourth-order valence-corrected chi connectivity index (χ4v) is 1.67. The highest BCUT2D eigenvalue weighted by atomic mass is 16.5. The van der Waals surface area contributed by atoms with E-state index in [1.54, 1.807) is 7.11 Å². The molecule has 0 aliphatic carbocycles. The van der Waals surface area contributed by atoms with Crippen LogP contribution < -0.4 is 10.1 Å². The lowest BCUT2D eigenvalue weighted by Crippen LogP contribution is -2.19. The van der Waals surface area contributed by atoms with Gasteiger partial charge in [-0.1, -0.05) is 0 Å². The zero-order valence-electron chi connectivity index (χ0n) is 9.12. The SMILES string of the molecule is COc1ccc(N[C@H]2CCOC2)c(C)n1. The second-order valence-electron chi connectivity index (χ2n) is 3.69. The Bertz CT molecular complexity index is 335. The van der Waals surface area contributed by atoms with Crippen LogP contribution in [0.5, 0.6) is 5.88 Å². The third-order valence-corrected chi connectivity index (χ3v) is 2.56. The number of methoxy groups -OCH3 is 1. The van der Waals surface area contributed by atoms with Crippen LogP contribution in [0.15, 0.2) is 12.1 Å². The first-order chi connectivity index (χ1) is 7.29.